The van der Waals surface area contributed by atoms with E-state index in [1.165, 1.54) is 51.5 Å². The molecule has 2 rings (SSSR count). The van der Waals surface area contributed by atoms with Crippen molar-refractivity contribution in [2.75, 3.05) is 40.9 Å². The fraction of sp³-hybridized carbons (Fsp3) is 0.567. The molecule has 0 bridgehead atoms. The van der Waals surface area contributed by atoms with E-state index >= 15 is 0 Å². The first kappa shape index (κ1) is 27.9. The van der Waals surface area contributed by atoms with Crippen molar-refractivity contribution in [3.63, 3.8) is 0 Å². The van der Waals surface area contributed by atoms with Gasteiger partial charge in [0.15, 0.2) is 0 Å². The molecule has 0 aliphatic heterocycles. The van der Waals surface area contributed by atoms with Crippen LogP contribution in [0.2, 0.25) is 0 Å². The van der Waals surface area contributed by atoms with Crippen molar-refractivity contribution in [1.82, 2.24) is 0 Å². The van der Waals surface area contributed by atoms with Gasteiger partial charge in [-0.05, 0) is 79.8 Å². The SMILES string of the molecule is CCCCOc1ccc(N=Cc2ccc(OCCCCCCCCCC[N+](C)(C)C)cc2)cc1. The van der Waals surface area contributed by atoms with Crippen LogP contribution in [0.15, 0.2) is 53.5 Å². The summed E-state index contributed by atoms with van der Waals surface area (Å²) in [7, 11) is 6.82. The van der Waals surface area contributed by atoms with Gasteiger partial charge < -0.3 is 14.0 Å². The van der Waals surface area contributed by atoms with Gasteiger partial charge in [0, 0.05) is 6.21 Å². The Kier molecular flexibility index (Phi) is 13.4. The number of hydrogen-bond donors (Lipinski definition) is 0. The second kappa shape index (κ2) is 16.3. The lowest BCUT2D eigenvalue weighted by molar-refractivity contribution is -0.870. The summed E-state index contributed by atoms with van der Waals surface area (Å²) in [4.78, 5) is 4.56. The highest BCUT2D eigenvalue weighted by Crippen LogP contribution is 2.19. The van der Waals surface area contributed by atoms with Crippen molar-refractivity contribution in [2.45, 2.75) is 71.1 Å². The van der Waals surface area contributed by atoms with E-state index in [4.69, 9.17) is 9.47 Å². The van der Waals surface area contributed by atoms with Gasteiger partial charge in [-0.15, -0.1) is 0 Å². The molecule has 188 valence electrons. The summed E-state index contributed by atoms with van der Waals surface area (Å²) in [6.07, 6.45) is 14.6. The Morgan fingerprint density at radius 1 is 0.647 bits per heavy atom. The van der Waals surface area contributed by atoms with Gasteiger partial charge in [0.05, 0.1) is 46.6 Å². The van der Waals surface area contributed by atoms with Crippen LogP contribution in [0.3, 0.4) is 0 Å². The summed E-state index contributed by atoms with van der Waals surface area (Å²) in [5.74, 6) is 1.84. The minimum atomic E-state index is 0.769. The van der Waals surface area contributed by atoms with Gasteiger partial charge in [-0.1, -0.05) is 45.4 Å². The maximum Gasteiger partial charge on any atom is 0.119 e. The number of hydrogen-bond acceptors (Lipinski definition) is 3. The fourth-order valence-electron chi connectivity index (χ4n) is 3.70. The van der Waals surface area contributed by atoms with E-state index in [2.05, 4.69) is 45.2 Å². The number of quaternary nitrogens is 1. The van der Waals surface area contributed by atoms with E-state index in [9.17, 15) is 0 Å². The molecule has 0 amide bonds. The Morgan fingerprint density at radius 3 is 1.71 bits per heavy atom. The van der Waals surface area contributed by atoms with E-state index in [-0.39, 0.29) is 0 Å². The van der Waals surface area contributed by atoms with Crippen LogP contribution in [-0.4, -0.2) is 51.6 Å². The molecule has 0 N–H and O–H groups in total. The molecule has 0 aliphatic carbocycles. The highest BCUT2D eigenvalue weighted by molar-refractivity contribution is 5.82. The zero-order chi connectivity index (χ0) is 24.5. The fourth-order valence-corrected chi connectivity index (χ4v) is 3.70. The van der Waals surface area contributed by atoms with Crippen LogP contribution in [0.1, 0.15) is 76.7 Å². The molecule has 0 spiro atoms. The van der Waals surface area contributed by atoms with Gasteiger partial charge in [-0.2, -0.15) is 0 Å². The third-order valence-corrected chi connectivity index (χ3v) is 5.84. The first-order valence-electron chi connectivity index (χ1n) is 13.3. The lowest BCUT2D eigenvalue weighted by atomic mass is 10.1. The predicted molar refractivity (Wildman–Crippen MR) is 146 cm³/mol. The maximum absolute atomic E-state index is 5.91. The third kappa shape index (κ3) is 13.4. The molecule has 2 aromatic rings. The molecule has 2 aromatic carbocycles. The van der Waals surface area contributed by atoms with Gasteiger partial charge in [0.2, 0.25) is 0 Å². The lowest BCUT2D eigenvalue weighted by Crippen LogP contribution is -2.35. The molecule has 0 fully saturated rings. The molecule has 0 saturated heterocycles. The topological polar surface area (TPSA) is 30.8 Å². The second-order valence-corrected chi connectivity index (χ2v) is 10.2. The first-order chi connectivity index (χ1) is 16.5. The Hall–Kier alpha value is -2.33. The summed E-state index contributed by atoms with van der Waals surface area (Å²) < 4.78 is 12.7. The first-order valence-corrected chi connectivity index (χ1v) is 13.3. The molecule has 4 heteroatoms. The highest BCUT2D eigenvalue weighted by atomic mass is 16.5. The number of aliphatic imine (C=N–C) groups is 1. The predicted octanol–water partition coefficient (Wildman–Crippen LogP) is 7.82. The molecule has 0 radical (unpaired) electrons. The highest BCUT2D eigenvalue weighted by Gasteiger charge is 2.05. The summed E-state index contributed by atoms with van der Waals surface area (Å²) in [5, 5.41) is 0. The van der Waals surface area contributed by atoms with Crippen LogP contribution in [0, 0.1) is 0 Å². The minimum Gasteiger partial charge on any atom is -0.494 e. The Bertz CT molecular complexity index is 792. The lowest BCUT2D eigenvalue weighted by Gasteiger charge is -2.23. The van der Waals surface area contributed by atoms with Crippen molar-refractivity contribution < 1.29 is 14.0 Å². The van der Waals surface area contributed by atoms with E-state index < -0.39 is 0 Å². The van der Waals surface area contributed by atoms with Crippen LogP contribution in [0.25, 0.3) is 0 Å². The average Bonchev–Trinajstić information content (AvgIpc) is 2.82. The third-order valence-electron chi connectivity index (χ3n) is 5.84. The van der Waals surface area contributed by atoms with Gasteiger partial charge in [-0.25, -0.2) is 0 Å². The van der Waals surface area contributed by atoms with Crippen molar-refractivity contribution in [3.8, 4) is 11.5 Å². The number of rotatable bonds is 18. The molecule has 4 nitrogen and oxygen atoms in total. The van der Waals surface area contributed by atoms with Gasteiger partial charge in [-0.3, -0.25) is 4.99 Å². The second-order valence-electron chi connectivity index (χ2n) is 10.2. The Balaban J connectivity index is 1.54. The Labute approximate surface area is 208 Å². The molecule has 0 unspecified atom stereocenters. The van der Waals surface area contributed by atoms with Crippen LogP contribution in [-0.2, 0) is 0 Å². The normalized spacial score (nSPS) is 11.8. The van der Waals surface area contributed by atoms with Crippen molar-refractivity contribution in [3.05, 3.63) is 54.1 Å². The molecule has 34 heavy (non-hydrogen) atoms. The molecule has 0 atom stereocenters. The van der Waals surface area contributed by atoms with Gasteiger partial charge in [0.25, 0.3) is 0 Å². The molecule has 0 aliphatic rings. The van der Waals surface area contributed by atoms with Gasteiger partial charge >= 0.3 is 0 Å². The average molecular weight is 468 g/mol. The standard InChI is InChI=1S/C30H47N2O2/c1-5-6-24-33-30-21-17-28(18-22-30)31-26-27-15-19-29(20-16-27)34-25-14-12-10-8-7-9-11-13-23-32(2,3)4/h15-22,26H,5-14,23-25H2,1-4H3/q+1. The maximum atomic E-state index is 5.91. The largest absolute Gasteiger partial charge is 0.494 e. The quantitative estimate of drug-likeness (QED) is 0.127. The van der Waals surface area contributed by atoms with Crippen molar-refractivity contribution >= 4 is 11.9 Å². The molecular weight excluding hydrogens is 420 g/mol. The number of unbranched alkanes of at least 4 members (excludes halogenated alkanes) is 8. The van der Waals surface area contributed by atoms with Crippen LogP contribution in [0.5, 0.6) is 11.5 Å². The molecular formula is C30H47N2O2+. The van der Waals surface area contributed by atoms with E-state index in [0.29, 0.717) is 0 Å². The number of benzene rings is 2. The smallest absolute Gasteiger partial charge is 0.119 e. The van der Waals surface area contributed by atoms with E-state index in [1.807, 2.05) is 42.6 Å². The zero-order valence-corrected chi connectivity index (χ0v) is 22.1. The summed E-state index contributed by atoms with van der Waals surface area (Å²) >= 11 is 0. The summed E-state index contributed by atoms with van der Waals surface area (Å²) in [5.41, 5.74) is 1.99. The van der Waals surface area contributed by atoms with Crippen LogP contribution in [0.4, 0.5) is 5.69 Å². The van der Waals surface area contributed by atoms with Crippen LogP contribution < -0.4 is 9.47 Å². The van der Waals surface area contributed by atoms with E-state index in [0.717, 1.165) is 59.7 Å². The Morgan fingerprint density at radius 2 is 1.15 bits per heavy atom. The summed E-state index contributed by atoms with van der Waals surface area (Å²) in [6.45, 7) is 5.02. The molecule has 0 heterocycles. The number of nitrogens with zero attached hydrogens (tertiary/aromatic N) is 2. The number of ether oxygens (including phenoxy) is 2. The van der Waals surface area contributed by atoms with E-state index in [1.54, 1.807) is 0 Å². The van der Waals surface area contributed by atoms with Crippen molar-refractivity contribution in [1.29, 1.82) is 0 Å². The van der Waals surface area contributed by atoms with Crippen molar-refractivity contribution in [2.24, 2.45) is 4.99 Å². The summed E-state index contributed by atoms with van der Waals surface area (Å²) in [6, 6.07) is 16.1. The molecule has 0 saturated carbocycles. The monoisotopic (exact) mass is 467 g/mol. The van der Waals surface area contributed by atoms with Crippen LogP contribution >= 0.6 is 0 Å². The van der Waals surface area contributed by atoms with Gasteiger partial charge in [0.1, 0.15) is 11.5 Å². The zero-order valence-electron chi connectivity index (χ0n) is 22.1. The minimum absolute atomic E-state index is 0.769. The molecule has 0 aromatic heterocycles.